The fourth-order valence-corrected chi connectivity index (χ4v) is 1.67. The molecule has 0 aliphatic heterocycles. The van der Waals surface area contributed by atoms with Crippen LogP contribution in [-0.2, 0) is 6.54 Å². The molecule has 0 bridgehead atoms. The van der Waals surface area contributed by atoms with Gasteiger partial charge in [0.15, 0.2) is 0 Å². The largest absolute Gasteiger partial charge is 0.348 e. The molecule has 1 heterocycles. The second kappa shape index (κ2) is 5.47. The van der Waals surface area contributed by atoms with E-state index in [0.717, 1.165) is 29.5 Å². The molecule has 0 radical (unpaired) electrons. The highest BCUT2D eigenvalue weighted by Gasteiger charge is 2.20. The van der Waals surface area contributed by atoms with Crippen LogP contribution in [0.1, 0.15) is 21.6 Å². The minimum Gasteiger partial charge on any atom is -0.348 e. The van der Waals surface area contributed by atoms with E-state index in [4.69, 9.17) is 0 Å². The molecule has 0 fully saturated rings. The standard InChI is InChI=1S/C12H11FN4O3/c1-7-8(6-15-16-7)5-14-12(18)10-4-9(13)2-3-11(10)17(19)20/h2-4,6H,5H2,1H3,(H,14,18)(H,15,16). The number of nitro groups is 1. The number of benzene rings is 1. The van der Waals surface area contributed by atoms with E-state index in [1.165, 1.54) is 6.20 Å². The van der Waals surface area contributed by atoms with Crippen molar-refractivity contribution in [3.63, 3.8) is 0 Å². The number of hydrogen-bond acceptors (Lipinski definition) is 4. The highest BCUT2D eigenvalue weighted by molar-refractivity contribution is 5.98. The van der Waals surface area contributed by atoms with Crippen molar-refractivity contribution in [1.82, 2.24) is 15.5 Å². The molecule has 0 aliphatic rings. The van der Waals surface area contributed by atoms with Gasteiger partial charge < -0.3 is 5.32 Å². The Balaban J connectivity index is 2.19. The highest BCUT2D eigenvalue weighted by atomic mass is 19.1. The van der Waals surface area contributed by atoms with Crippen molar-refractivity contribution in [3.8, 4) is 0 Å². The summed E-state index contributed by atoms with van der Waals surface area (Å²) in [6, 6.07) is 2.75. The summed E-state index contributed by atoms with van der Waals surface area (Å²) in [5.41, 5.74) is 0.778. The van der Waals surface area contributed by atoms with Crippen molar-refractivity contribution < 1.29 is 14.1 Å². The summed E-state index contributed by atoms with van der Waals surface area (Å²) in [7, 11) is 0. The van der Waals surface area contributed by atoms with Crippen molar-refractivity contribution in [2.24, 2.45) is 0 Å². The molecular weight excluding hydrogens is 267 g/mol. The van der Waals surface area contributed by atoms with E-state index in [1.54, 1.807) is 6.92 Å². The summed E-state index contributed by atoms with van der Waals surface area (Å²) in [5, 5.41) is 19.8. The maximum atomic E-state index is 13.1. The Morgan fingerprint density at radius 1 is 1.55 bits per heavy atom. The number of H-pyrrole nitrogens is 1. The Kier molecular flexibility index (Phi) is 3.74. The fraction of sp³-hybridized carbons (Fsp3) is 0.167. The van der Waals surface area contributed by atoms with Gasteiger partial charge in [0.2, 0.25) is 0 Å². The second-order valence-corrected chi connectivity index (χ2v) is 4.12. The maximum absolute atomic E-state index is 13.1. The lowest BCUT2D eigenvalue weighted by molar-refractivity contribution is -0.385. The zero-order valence-corrected chi connectivity index (χ0v) is 10.5. The molecule has 0 spiro atoms. The lowest BCUT2D eigenvalue weighted by Crippen LogP contribution is -2.24. The Labute approximate surface area is 113 Å². The molecule has 1 aromatic carbocycles. The number of amides is 1. The number of aromatic amines is 1. The first-order chi connectivity index (χ1) is 9.49. The zero-order chi connectivity index (χ0) is 14.7. The molecule has 0 saturated carbocycles. The number of halogens is 1. The molecular formula is C12H11FN4O3. The highest BCUT2D eigenvalue weighted by Crippen LogP contribution is 2.19. The number of rotatable bonds is 4. The first kappa shape index (κ1) is 13.7. The van der Waals surface area contributed by atoms with E-state index >= 15 is 0 Å². The average Bonchev–Trinajstić information content (AvgIpc) is 2.81. The average molecular weight is 278 g/mol. The predicted molar refractivity (Wildman–Crippen MR) is 67.5 cm³/mol. The number of carbonyl (C=O) groups excluding carboxylic acids is 1. The number of carbonyl (C=O) groups is 1. The van der Waals surface area contributed by atoms with Crippen LogP contribution >= 0.6 is 0 Å². The van der Waals surface area contributed by atoms with Gasteiger partial charge in [0, 0.05) is 23.9 Å². The summed E-state index contributed by atoms with van der Waals surface area (Å²) >= 11 is 0. The van der Waals surface area contributed by atoms with E-state index < -0.39 is 22.3 Å². The molecule has 104 valence electrons. The second-order valence-electron chi connectivity index (χ2n) is 4.12. The lowest BCUT2D eigenvalue weighted by atomic mass is 10.1. The van der Waals surface area contributed by atoms with Gasteiger partial charge in [-0.15, -0.1) is 0 Å². The Morgan fingerprint density at radius 3 is 2.90 bits per heavy atom. The van der Waals surface area contributed by atoms with E-state index in [1.807, 2.05) is 0 Å². The van der Waals surface area contributed by atoms with Crippen molar-refractivity contribution in [1.29, 1.82) is 0 Å². The molecule has 7 nitrogen and oxygen atoms in total. The van der Waals surface area contributed by atoms with Crippen LogP contribution in [0.3, 0.4) is 0 Å². The molecule has 0 aliphatic carbocycles. The monoisotopic (exact) mass is 278 g/mol. The van der Waals surface area contributed by atoms with Crippen molar-refractivity contribution in [2.75, 3.05) is 0 Å². The number of nitrogens with zero attached hydrogens (tertiary/aromatic N) is 2. The minimum atomic E-state index is -0.725. The normalized spacial score (nSPS) is 10.3. The molecule has 2 rings (SSSR count). The summed E-state index contributed by atoms with van der Waals surface area (Å²) in [4.78, 5) is 22.0. The van der Waals surface area contributed by atoms with Gasteiger partial charge in [-0.3, -0.25) is 20.0 Å². The van der Waals surface area contributed by atoms with Crippen LogP contribution in [-0.4, -0.2) is 21.0 Å². The first-order valence-electron chi connectivity index (χ1n) is 5.70. The quantitative estimate of drug-likeness (QED) is 0.656. The van der Waals surface area contributed by atoms with Gasteiger partial charge in [-0.1, -0.05) is 0 Å². The van der Waals surface area contributed by atoms with Crippen molar-refractivity contribution in [3.05, 3.63) is 57.1 Å². The predicted octanol–water partition coefficient (Wildman–Crippen LogP) is 1.70. The summed E-state index contributed by atoms with van der Waals surface area (Å²) < 4.78 is 13.1. The first-order valence-corrected chi connectivity index (χ1v) is 5.70. The van der Waals surface area contributed by atoms with Gasteiger partial charge in [-0.25, -0.2) is 4.39 Å². The van der Waals surface area contributed by atoms with Gasteiger partial charge >= 0.3 is 0 Å². The molecule has 1 amide bonds. The molecule has 8 heteroatoms. The van der Waals surface area contributed by atoms with Crippen LogP contribution in [0.15, 0.2) is 24.4 Å². The van der Waals surface area contributed by atoms with Crippen molar-refractivity contribution in [2.45, 2.75) is 13.5 Å². The van der Waals surface area contributed by atoms with Gasteiger partial charge in [-0.05, 0) is 19.1 Å². The van der Waals surface area contributed by atoms with Gasteiger partial charge in [0.1, 0.15) is 11.4 Å². The number of nitro benzene ring substituents is 1. The number of nitrogens with one attached hydrogen (secondary N) is 2. The third-order valence-electron chi connectivity index (χ3n) is 2.77. The Bertz CT molecular complexity index is 668. The van der Waals surface area contributed by atoms with Crippen LogP contribution in [0.25, 0.3) is 0 Å². The van der Waals surface area contributed by atoms with Crippen LogP contribution < -0.4 is 5.32 Å². The summed E-state index contributed by atoms with van der Waals surface area (Å²) in [6.45, 7) is 1.92. The Morgan fingerprint density at radius 2 is 2.30 bits per heavy atom. The van der Waals surface area contributed by atoms with Crippen LogP contribution in [0.5, 0.6) is 0 Å². The van der Waals surface area contributed by atoms with Gasteiger partial charge in [0.25, 0.3) is 11.6 Å². The smallest absolute Gasteiger partial charge is 0.282 e. The molecule has 20 heavy (non-hydrogen) atoms. The third-order valence-corrected chi connectivity index (χ3v) is 2.77. The van der Waals surface area contributed by atoms with Crippen LogP contribution in [0.4, 0.5) is 10.1 Å². The maximum Gasteiger partial charge on any atom is 0.282 e. The lowest BCUT2D eigenvalue weighted by Gasteiger charge is -2.05. The number of aryl methyl sites for hydroxylation is 1. The van der Waals surface area contributed by atoms with Crippen LogP contribution in [0.2, 0.25) is 0 Å². The fourth-order valence-electron chi connectivity index (χ4n) is 1.67. The van der Waals surface area contributed by atoms with E-state index in [0.29, 0.717) is 0 Å². The minimum absolute atomic E-state index is 0.148. The zero-order valence-electron chi connectivity index (χ0n) is 10.5. The van der Waals surface area contributed by atoms with E-state index in [9.17, 15) is 19.3 Å². The molecule has 0 unspecified atom stereocenters. The molecule has 2 aromatic rings. The van der Waals surface area contributed by atoms with Crippen molar-refractivity contribution >= 4 is 11.6 Å². The van der Waals surface area contributed by atoms with Crippen LogP contribution in [0, 0.1) is 22.9 Å². The van der Waals surface area contributed by atoms with E-state index in [-0.39, 0.29) is 12.1 Å². The topological polar surface area (TPSA) is 101 Å². The third kappa shape index (κ3) is 2.79. The summed E-state index contributed by atoms with van der Waals surface area (Å²) in [5.74, 6) is -1.42. The number of aromatic nitrogens is 2. The molecule has 2 N–H and O–H groups in total. The van der Waals surface area contributed by atoms with Gasteiger partial charge in [-0.2, -0.15) is 5.10 Å². The molecule has 1 aromatic heterocycles. The SMILES string of the molecule is Cc1[nH]ncc1CNC(=O)c1cc(F)ccc1[N+](=O)[O-]. The van der Waals surface area contributed by atoms with Gasteiger partial charge in [0.05, 0.1) is 11.1 Å². The molecule has 0 saturated heterocycles. The summed E-state index contributed by atoms with van der Waals surface area (Å²) in [6.07, 6.45) is 1.54. The van der Waals surface area contributed by atoms with E-state index in [2.05, 4.69) is 15.5 Å². The molecule has 0 atom stereocenters. The Hall–Kier alpha value is -2.77. The number of hydrogen-bond donors (Lipinski definition) is 2.